The van der Waals surface area contributed by atoms with E-state index < -0.39 is 17.1 Å². The van der Waals surface area contributed by atoms with Crippen LogP contribution in [0.4, 0.5) is 11.4 Å². The van der Waals surface area contributed by atoms with Gasteiger partial charge in [-0.3, -0.25) is 14.4 Å². The highest BCUT2D eigenvalue weighted by Crippen LogP contribution is 2.37. The Labute approximate surface area is 287 Å². The molecule has 0 saturated heterocycles. The predicted octanol–water partition coefficient (Wildman–Crippen LogP) is 8.88. The fraction of sp³-hybridized carbons (Fsp3) is 0.0541. The SMILES string of the molecule is COc1cccc(NC(=O)C(Sc2cccc(NC(=O)/C(=C\c3cccc(Cl)c3Cl)NC(=O)c3ccccc3)c2)c2ccccc2)c1. The first-order valence-electron chi connectivity index (χ1n) is 14.4. The molecule has 0 aliphatic heterocycles. The maximum atomic E-state index is 13.6. The second-order valence-electron chi connectivity index (χ2n) is 10.1. The van der Waals surface area contributed by atoms with Crippen molar-refractivity contribution < 1.29 is 19.1 Å². The first-order chi connectivity index (χ1) is 22.8. The van der Waals surface area contributed by atoms with Crippen molar-refractivity contribution in [2.45, 2.75) is 10.1 Å². The molecule has 3 N–H and O–H groups in total. The van der Waals surface area contributed by atoms with Crippen molar-refractivity contribution >= 4 is 70.1 Å². The van der Waals surface area contributed by atoms with Crippen LogP contribution in [0.5, 0.6) is 5.75 Å². The Balaban J connectivity index is 1.39. The van der Waals surface area contributed by atoms with E-state index in [1.54, 1.807) is 98.1 Å². The van der Waals surface area contributed by atoms with Crippen LogP contribution < -0.4 is 20.7 Å². The van der Waals surface area contributed by atoms with Crippen molar-refractivity contribution in [3.05, 3.63) is 160 Å². The molecular formula is C37H29Cl2N3O4S. The number of methoxy groups -OCH3 is 1. The van der Waals surface area contributed by atoms with Gasteiger partial charge >= 0.3 is 0 Å². The normalized spacial score (nSPS) is 11.7. The number of ether oxygens (including phenoxy) is 1. The molecule has 1 unspecified atom stereocenters. The minimum atomic E-state index is -0.612. The fourth-order valence-electron chi connectivity index (χ4n) is 4.52. The molecule has 5 aromatic rings. The molecule has 47 heavy (non-hydrogen) atoms. The lowest BCUT2D eigenvalue weighted by Crippen LogP contribution is -2.30. The van der Waals surface area contributed by atoms with Crippen LogP contribution in [-0.4, -0.2) is 24.8 Å². The number of anilines is 2. The van der Waals surface area contributed by atoms with Crippen LogP contribution >= 0.6 is 35.0 Å². The number of carbonyl (C=O) groups excluding carboxylic acids is 3. The van der Waals surface area contributed by atoms with E-state index in [1.165, 1.54) is 17.8 Å². The van der Waals surface area contributed by atoms with Gasteiger partial charge in [-0.2, -0.15) is 0 Å². The number of carbonyl (C=O) groups is 3. The number of nitrogens with one attached hydrogen (secondary N) is 3. The van der Waals surface area contributed by atoms with Crippen LogP contribution in [-0.2, 0) is 9.59 Å². The monoisotopic (exact) mass is 681 g/mol. The average molecular weight is 683 g/mol. The summed E-state index contributed by atoms with van der Waals surface area (Å²) in [5, 5.41) is 8.49. The molecule has 0 radical (unpaired) electrons. The number of halogens is 2. The van der Waals surface area contributed by atoms with Gasteiger partial charge in [-0.05, 0) is 65.7 Å². The van der Waals surface area contributed by atoms with Gasteiger partial charge in [0.15, 0.2) is 0 Å². The maximum absolute atomic E-state index is 13.6. The van der Waals surface area contributed by atoms with Crippen molar-refractivity contribution in [1.29, 1.82) is 0 Å². The summed E-state index contributed by atoms with van der Waals surface area (Å²) in [6, 6.07) is 37.3. The van der Waals surface area contributed by atoms with Gasteiger partial charge in [-0.25, -0.2) is 0 Å². The number of hydrogen-bond donors (Lipinski definition) is 3. The number of thioether (sulfide) groups is 1. The highest BCUT2D eigenvalue weighted by Gasteiger charge is 2.23. The van der Waals surface area contributed by atoms with E-state index >= 15 is 0 Å². The van der Waals surface area contributed by atoms with Crippen LogP contribution in [0.1, 0.15) is 26.7 Å². The quantitative estimate of drug-likeness (QED) is 0.0956. The number of benzene rings is 5. The molecule has 10 heteroatoms. The lowest BCUT2D eigenvalue weighted by atomic mass is 10.1. The molecule has 0 fully saturated rings. The van der Waals surface area contributed by atoms with Crippen LogP contribution in [0.2, 0.25) is 10.0 Å². The first kappa shape index (κ1) is 33.3. The predicted molar refractivity (Wildman–Crippen MR) is 190 cm³/mol. The first-order valence-corrected chi connectivity index (χ1v) is 16.0. The zero-order valence-electron chi connectivity index (χ0n) is 25.1. The Hall–Kier alpha value is -5.02. The third-order valence-electron chi connectivity index (χ3n) is 6.83. The fourth-order valence-corrected chi connectivity index (χ4v) is 5.97. The van der Waals surface area contributed by atoms with Crippen LogP contribution in [0.25, 0.3) is 6.08 Å². The summed E-state index contributed by atoms with van der Waals surface area (Å²) >= 11 is 13.9. The van der Waals surface area contributed by atoms with E-state index in [2.05, 4.69) is 16.0 Å². The largest absolute Gasteiger partial charge is 0.497 e. The Morgan fingerprint density at radius 1 is 0.745 bits per heavy atom. The summed E-state index contributed by atoms with van der Waals surface area (Å²) < 4.78 is 5.30. The van der Waals surface area contributed by atoms with Gasteiger partial charge in [-0.15, -0.1) is 11.8 Å². The Morgan fingerprint density at radius 3 is 2.13 bits per heavy atom. The van der Waals surface area contributed by atoms with E-state index in [4.69, 9.17) is 27.9 Å². The molecule has 0 aromatic heterocycles. The summed E-state index contributed by atoms with van der Waals surface area (Å²) in [6.07, 6.45) is 1.47. The third-order valence-corrected chi connectivity index (χ3v) is 8.92. The van der Waals surface area contributed by atoms with Gasteiger partial charge < -0.3 is 20.7 Å². The number of rotatable bonds is 11. The van der Waals surface area contributed by atoms with Crippen molar-refractivity contribution in [1.82, 2.24) is 5.32 Å². The average Bonchev–Trinajstić information content (AvgIpc) is 3.09. The number of hydrogen-bond acceptors (Lipinski definition) is 5. The van der Waals surface area contributed by atoms with Crippen LogP contribution in [0.15, 0.2) is 138 Å². The highest BCUT2D eigenvalue weighted by atomic mass is 35.5. The second-order valence-corrected chi connectivity index (χ2v) is 12.1. The van der Waals surface area contributed by atoms with Gasteiger partial charge in [0.1, 0.15) is 16.7 Å². The van der Waals surface area contributed by atoms with Crippen LogP contribution in [0.3, 0.4) is 0 Å². The summed E-state index contributed by atoms with van der Waals surface area (Å²) in [4.78, 5) is 41.0. The molecule has 0 aliphatic carbocycles. The summed E-state index contributed by atoms with van der Waals surface area (Å²) in [7, 11) is 1.57. The molecule has 0 saturated carbocycles. The van der Waals surface area contributed by atoms with Crippen molar-refractivity contribution in [3.8, 4) is 5.75 Å². The Morgan fingerprint density at radius 2 is 1.40 bits per heavy atom. The molecule has 0 bridgehead atoms. The third kappa shape index (κ3) is 9.04. The minimum absolute atomic E-state index is 0.0408. The topological polar surface area (TPSA) is 96.5 Å². The van der Waals surface area contributed by atoms with Gasteiger partial charge in [-0.1, -0.05) is 96.0 Å². The zero-order chi connectivity index (χ0) is 33.2. The van der Waals surface area contributed by atoms with Crippen molar-refractivity contribution in [2.75, 3.05) is 17.7 Å². The van der Waals surface area contributed by atoms with Gasteiger partial charge in [0.25, 0.3) is 11.8 Å². The molecule has 0 aliphatic rings. The molecule has 0 spiro atoms. The standard InChI is InChI=1S/C37H29Cl2N3O4S/c1-46-29-18-9-16-27(22-29)41-37(45)34(24-11-4-2-5-12-24)47-30-19-10-17-28(23-30)40-36(44)32(21-26-15-8-20-31(38)33(26)39)42-35(43)25-13-6-3-7-14-25/h2-23,34H,1H3,(H,40,44)(H,41,45)(H,42,43)/b32-21+. The maximum Gasteiger partial charge on any atom is 0.272 e. The molecule has 1 atom stereocenters. The zero-order valence-corrected chi connectivity index (χ0v) is 27.4. The van der Waals surface area contributed by atoms with Gasteiger partial charge in [0.2, 0.25) is 5.91 Å². The molecule has 0 heterocycles. The summed E-state index contributed by atoms with van der Waals surface area (Å²) in [5.74, 6) is -0.651. The molecule has 7 nitrogen and oxygen atoms in total. The molecule has 5 rings (SSSR count). The summed E-state index contributed by atoms with van der Waals surface area (Å²) in [5.41, 5.74) is 2.65. The molecule has 5 aromatic carbocycles. The number of amides is 3. The molecular weight excluding hydrogens is 653 g/mol. The van der Waals surface area contributed by atoms with E-state index in [1.807, 2.05) is 36.4 Å². The second kappa shape index (κ2) is 16.0. The Bertz CT molecular complexity index is 1920. The van der Waals surface area contributed by atoms with Gasteiger partial charge in [0, 0.05) is 27.9 Å². The van der Waals surface area contributed by atoms with Gasteiger partial charge in [0.05, 0.1) is 17.2 Å². The smallest absolute Gasteiger partial charge is 0.272 e. The molecule has 3 amide bonds. The molecule has 236 valence electrons. The van der Waals surface area contributed by atoms with E-state index in [-0.39, 0.29) is 16.6 Å². The lowest BCUT2D eigenvalue weighted by Gasteiger charge is -2.18. The minimum Gasteiger partial charge on any atom is -0.497 e. The van der Waals surface area contributed by atoms with E-state index in [0.29, 0.717) is 33.3 Å². The lowest BCUT2D eigenvalue weighted by molar-refractivity contribution is -0.116. The van der Waals surface area contributed by atoms with Crippen molar-refractivity contribution in [2.24, 2.45) is 0 Å². The van der Waals surface area contributed by atoms with E-state index in [0.717, 1.165) is 10.5 Å². The highest BCUT2D eigenvalue weighted by molar-refractivity contribution is 8.00. The van der Waals surface area contributed by atoms with Crippen molar-refractivity contribution in [3.63, 3.8) is 0 Å². The summed E-state index contributed by atoms with van der Waals surface area (Å²) in [6.45, 7) is 0. The van der Waals surface area contributed by atoms with Crippen LogP contribution in [0, 0.1) is 0 Å². The Kier molecular flexibility index (Phi) is 11.4. The van der Waals surface area contributed by atoms with E-state index in [9.17, 15) is 14.4 Å².